The van der Waals surface area contributed by atoms with E-state index in [1.54, 1.807) is 11.0 Å². The number of carbonyl (C=O) groups excluding carboxylic acids is 1. The first-order chi connectivity index (χ1) is 13.6. The van der Waals surface area contributed by atoms with Crippen molar-refractivity contribution in [2.24, 2.45) is 5.92 Å². The summed E-state index contributed by atoms with van der Waals surface area (Å²) in [5, 5.41) is 15.4. The quantitative estimate of drug-likeness (QED) is 0.722. The second-order valence-electron chi connectivity index (χ2n) is 6.84. The molecule has 4 rings (SSSR count). The maximum Gasteiger partial charge on any atom is 0.231 e. The Morgan fingerprint density at radius 2 is 1.89 bits per heavy atom. The fourth-order valence-electron chi connectivity index (χ4n) is 3.33. The number of hydrogen-bond acceptors (Lipinski definition) is 8. The molecule has 144 valence electrons. The minimum Gasteiger partial charge on any atom is -0.354 e. The van der Waals surface area contributed by atoms with E-state index in [1.165, 1.54) is 6.33 Å². The molecule has 0 aromatic carbocycles. The number of carbonyl (C=O) groups is 1. The fourth-order valence-corrected chi connectivity index (χ4v) is 3.33. The molecule has 0 saturated carbocycles. The molecule has 0 spiro atoms. The molecule has 4 heterocycles. The molecule has 1 atom stereocenters. The highest BCUT2D eigenvalue weighted by Crippen LogP contribution is 2.22. The monoisotopic (exact) mass is 379 g/mol. The number of aromatic nitrogens is 7. The molecule has 1 aliphatic heterocycles. The van der Waals surface area contributed by atoms with Crippen LogP contribution in [0.1, 0.15) is 24.2 Å². The van der Waals surface area contributed by atoms with Gasteiger partial charge in [-0.3, -0.25) is 10.1 Å². The summed E-state index contributed by atoms with van der Waals surface area (Å²) in [6.45, 7) is 5.18. The highest BCUT2D eigenvalue weighted by Gasteiger charge is 2.27. The molecular formula is C18H21N9O. The lowest BCUT2D eigenvalue weighted by Crippen LogP contribution is -2.41. The molecular weight excluding hydrogens is 358 g/mol. The van der Waals surface area contributed by atoms with Crippen molar-refractivity contribution in [3.8, 4) is 5.82 Å². The predicted octanol–water partition coefficient (Wildman–Crippen LogP) is 1.32. The van der Waals surface area contributed by atoms with E-state index in [1.807, 2.05) is 32.0 Å². The molecule has 1 amide bonds. The molecule has 28 heavy (non-hydrogen) atoms. The minimum absolute atomic E-state index is 0.0677. The lowest BCUT2D eigenvalue weighted by molar-refractivity contribution is -0.120. The molecule has 1 saturated heterocycles. The van der Waals surface area contributed by atoms with Crippen LogP contribution in [-0.4, -0.2) is 53.9 Å². The number of piperidine rings is 1. The van der Waals surface area contributed by atoms with E-state index in [0.717, 1.165) is 36.6 Å². The Morgan fingerprint density at radius 1 is 1.14 bits per heavy atom. The average Bonchev–Trinajstić information content (AvgIpc) is 3.22. The van der Waals surface area contributed by atoms with Crippen LogP contribution in [0, 0.1) is 19.8 Å². The maximum absolute atomic E-state index is 12.7. The van der Waals surface area contributed by atoms with Gasteiger partial charge >= 0.3 is 0 Å². The largest absolute Gasteiger partial charge is 0.354 e. The fraction of sp³-hybridized carbons (Fsp3) is 0.389. The summed E-state index contributed by atoms with van der Waals surface area (Å²) >= 11 is 0. The van der Waals surface area contributed by atoms with Crippen LogP contribution in [0.15, 0.2) is 30.9 Å². The van der Waals surface area contributed by atoms with Crippen LogP contribution in [0.4, 0.5) is 11.8 Å². The Hall–Kier alpha value is -3.43. The van der Waals surface area contributed by atoms with Crippen molar-refractivity contribution in [1.82, 2.24) is 34.9 Å². The van der Waals surface area contributed by atoms with Crippen LogP contribution >= 0.6 is 0 Å². The van der Waals surface area contributed by atoms with E-state index in [4.69, 9.17) is 0 Å². The molecule has 1 N–H and O–H groups in total. The normalized spacial score (nSPS) is 16.8. The van der Waals surface area contributed by atoms with Crippen molar-refractivity contribution in [3.63, 3.8) is 0 Å². The number of rotatable bonds is 4. The molecule has 0 aliphatic carbocycles. The summed E-state index contributed by atoms with van der Waals surface area (Å²) in [5.41, 5.74) is 1.66. The van der Waals surface area contributed by atoms with Gasteiger partial charge in [-0.05, 0) is 44.9 Å². The van der Waals surface area contributed by atoms with Gasteiger partial charge < -0.3 is 4.90 Å². The smallest absolute Gasteiger partial charge is 0.231 e. The highest BCUT2D eigenvalue weighted by atomic mass is 16.2. The molecule has 1 unspecified atom stereocenters. The lowest BCUT2D eigenvalue weighted by atomic mass is 9.97. The average molecular weight is 379 g/mol. The number of amides is 1. The molecule has 1 fully saturated rings. The number of hydrogen-bond donors (Lipinski definition) is 1. The third kappa shape index (κ3) is 3.95. The van der Waals surface area contributed by atoms with Crippen LogP contribution < -0.4 is 10.2 Å². The van der Waals surface area contributed by atoms with Gasteiger partial charge in [-0.1, -0.05) is 0 Å². The highest BCUT2D eigenvalue weighted by molar-refractivity contribution is 5.91. The minimum atomic E-state index is -0.157. The molecule has 10 heteroatoms. The summed E-state index contributed by atoms with van der Waals surface area (Å²) in [6, 6.07) is 5.60. The van der Waals surface area contributed by atoms with E-state index in [2.05, 4.69) is 40.5 Å². The molecule has 3 aromatic heterocycles. The van der Waals surface area contributed by atoms with Gasteiger partial charge in [-0.15, -0.1) is 10.2 Å². The summed E-state index contributed by atoms with van der Waals surface area (Å²) < 4.78 is 1.55. The summed E-state index contributed by atoms with van der Waals surface area (Å²) in [4.78, 5) is 27.3. The van der Waals surface area contributed by atoms with Gasteiger partial charge in [0.2, 0.25) is 11.9 Å². The Labute approximate surface area is 162 Å². The zero-order valence-electron chi connectivity index (χ0n) is 15.8. The Bertz CT molecular complexity index is 935. The number of nitrogens with zero attached hydrogens (tertiary/aromatic N) is 8. The van der Waals surface area contributed by atoms with Crippen molar-refractivity contribution in [3.05, 3.63) is 42.2 Å². The SMILES string of the molecule is Cc1cc(C)nc(NC(=O)C2CCCN(c3ccc(-n4cncn4)nn3)C2)n1. The van der Waals surface area contributed by atoms with E-state index >= 15 is 0 Å². The second kappa shape index (κ2) is 7.67. The Balaban J connectivity index is 1.43. The second-order valence-corrected chi connectivity index (χ2v) is 6.84. The first kappa shape index (κ1) is 18.0. The summed E-state index contributed by atoms with van der Waals surface area (Å²) in [7, 11) is 0. The first-order valence-corrected chi connectivity index (χ1v) is 9.15. The van der Waals surface area contributed by atoms with Crippen molar-refractivity contribution in [2.75, 3.05) is 23.3 Å². The standard InChI is InChI=1S/C18H21N9O/c1-12-8-13(2)22-18(21-12)23-17(28)14-4-3-7-26(9-14)15-5-6-16(25-24-15)27-11-19-10-20-27/h5-6,8,10-11,14H,3-4,7,9H2,1-2H3,(H,21,22,23,28). The van der Waals surface area contributed by atoms with Crippen LogP contribution in [0.2, 0.25) is 0 Å². The van der Waals surface area contributed by atoms with Gasteiger partial charge in [0.1, 0.15) is 12.7 Å². The van der Waals surface area contributed by atoms with Crippen molar-refractivity contribution >= 4 is 17.7 Å². The van der Waals surface area contributed by atoms with E-state index in [9.17, 15) is 4.79 Å². The summed E-state index contributed by atoms with van der Waals surface area (Å²) in [6.07, 6.45) is 4.73. The Kier molecular flexibility index (Phi) is 4.92. The topological polar surface area (TPSA) is 115 Å². The number of nitrogens with one attached hydrogen (secondary N) is 1. The van der Waals surface area contributed by atoms with Gasteiger partial charge in [0, 0.05) is 24.5 Å². The zero-order chi connectivity index (χ0) is 19.5. The van der Waals surface area contributed by atoms with Gasteiger partial charge in [0.25, 0.3) is 0 Å². The van der Waals surface area contributed by atoms with Crippen molar-refractivity contribution < 1.29 is 4.79 Å². The van der Waals surface area contributed by atoms with E-state index in [-0.39, 0.29) is 11.8 Å². The number of anilines is 2. The predicted molar refractivity (Wildman–Crippen MR) is 102 cm³/mol. The number of aryl methyl sites for hydroxylation is 2. The molecule has 0 bridgehead atoms. The van der Waals surface area contributed by atoms with E-state index < -0.39 is 0 Å². The maximum atomic E-state index is 12.7. The third-order valence-electron chi connectivity index (χ3n) is 4.62. The van der Waals surface area contributed by atoms with Gasteiger partial charge in [0.05, 0.1) is 5.92 Å². The van der Waals surface area contributed by atoms with Crippen LogP contribution in [-0.2, 0) is 4.79 Å². The van der Waals surface area contributed by atoms with Crippen molar-refractivity contribution in [2.45, 2.75) is 26.7 Å². The van der Waals surface area contributed by atoms with Gasteiger partial charge in [0.15, 0.2) is 11.6 Å². The van der Waals surface area contributed by atoms with Gasteiger partial charge in [-0.25, -0.2) is 19.6 Å². The van der Waals surface area contributed by atoms with Gasteiger partial charge in [-0.2, -0.15) is 5.10 Å². The van der Waals surface area contributed by atoms with Crippen LogP contribution in [0.5, 0.6) is 0 Å². The van der Waals surface area contributed by atoms with Crippen LogP contribution in [0.25, 0.3) is 5.82 Å². The Morgan fingerprint density at radius 3 is 2.57 bits per heavy atom. The summed E-state index contributed by atoms with van der Waals surface area (Å²) in [5.74, 6) is 1.47. The lowest BCUT2D eigenvalue weighted by Gasteiger charge is -2.32. The first-order valence-electron chi connectivity index (χ1n) is 9.15. The molecule has 0 radical (unpaired) electrons. The zero-order valence-corrected chi connectivity index (χ0v) is 15.8. The van der Waals surface area contributed by atoms with Crippen LogP contribution in [0.3, 0.4) is 0 Å². The van der Waals surface area contributed by atoms with Crippen molar-refractivity contribution in [1.29, 1.82) is 0 Å². The molecule has 10 nitrogen and oxygen atoms in total. The molecule has 3 aromatic rings. The molecule has 1 aliphatic rings. The third-order valence-corrected chi connectivity index (χ3v) is 4.62. The van der Waals surface area contributed by atoms with E-state index in [0.29, 0.717) is 18.3 Å².